The molecule has 3 heterocycles. The Morgan fingerprint density at radius 2 is 1.83 bits per heavy atom. The predicted octanol–water partition coefficient (Wildman–Crippen LogP) is 3.02. The van der Waals surface area contributed by atoms with Gasteiger partial charge in [0.05, 0.1) is 24.0 Å². The van der Waals surface area contributed by atoms with Gasteiger partial charge in [0.2, 0.25) is 5.91 Å². The molecule has 3 aliphatic heterocycles. The van der Waals surface area contributed by atoms with E-state index >= 15 is 0 Å². The average molecular weight is 495 g/mol. The number of rotatable bonds is 5. The molecule has 1 saturated carbocycles. The lowest BCUT2D eigenvalue weighted by molar-refractivity contribution is -0.137. The van der Waals surface area contributed by atoms with E-state index in [1.165, 1.54) is 12.1 Å². The quantitative estimate of drug-likeness (QED) is 0.546. The Morgan fingerprint density at radius 3 is 2.43 bits per heavy atom. The predicted molar refractivity (Wildman–Crippen MR) is 120 cm³/mol. The summed E-state index contributed by atoms with van der Waals surface area (Å²) < 4.78 is 52.2. The molecule has 11 heteroatoms. The van der Waals surface area contributed by atoms with Gasteiger partial charge in [0, 0.05) is 42.9 Å². The summed E-state index contributed by atoms with van der Waals surface area (Å²) >= 11 is 0. The van der Waals surface area contributed by atoms with Gasteiger partial charge in [-0.15, -0.1) is 0 Å². The van der Waals surface area contributed by atoms with Crippen LogP contribution in [-0.2, 0) is 11.0 Å². The van der Waals surface area contributed by atoms with Crippen molar-refractivity contribution in [1.82, 2.24) is 20.7 Å². The third kappa shape index (κ3) is 4.59. The summed E-state index contributed by atoms with van der Waals surface area (Å²) in [6.07, 6.45) is -1.46. The van der Waals surface area contributed by atoms with E-state index < -0.39 is 35.5 Å². The van der Waals surface area contributed by atoms with Crippen LogP contribution >= 0.6 is 0 Å². The fourth-order valence-electron chi connectivity index (χ4n) is 6.26. The summed E-state index contributed by atoms with van der Waals surface area (Å²) in [6.45, 7) is 1.48. The van der Waals surface area contributed by atoms with E-state index in [1.807, 2.05) is 0 Å². The zero-order valence-electron chi connectivity index (χ0n) is 19.3. The number of benzene rings is 1. The maximum Gasteiger partial charge on any atom is 0.416 e. The number of carbonyl (C=O) groups is 1. The third-order valence-electron chi connectivity index (χ3n) is 8.15. The van der Waals surface area contributed by atoms with Crippen molar-refractivity contribution in [3.8, 4) is 6.07 Å². The molecular formula is C24H30F4N6O. The Balaban J connectivity index is 1.35. The molecule has 1 amide bonds. The lowest BCUT2D eigenvalue weighted by Crippen LogP contribution is -2.62. The van der Waals surface area contributed by atoms with Crippen LogP contribution < -0.4 is 16.1 Å². The number of piperidine rings is 1. The molecule has 1 aromatic rings. The lowest BCUT2D eigenvalue weighted by atomic mass is 9.74. The second-order valence-electron chi connectivity index (χ2n) is 10.2. The van der Waals surface area contributed by atoms with E-state index in [2.05, 4.69) is 32.0 Å². The van der Waals surface area contributed by atoms with E-state index in [9.17, 15) is 27.6 Å². The minimum Gasteiger partial charge on any atom is -0.368 e. The highest BCUT2D eigenvalue weighted by Gasteiger charge is 2.55. The summed E-state index contributed by atoms with van der Waals surface area (Å²) in [7, 11) is 0. The van der Waals surface area contributed by atoms with Crippen LogP contribution in [0.15, 0.2) is 24.3 Å². The molecule has 0 bridgehead atoms. The molecule has 0 aromatic heterocycles. The van der Waals surface area contributed by atoms with E-state index in [1.54, 1.807) is 0 Å². The van der Waals surface area contributed by atoms with Crippen LogP contribution in [0.25, 0.3) is 0 Å². The first-order chi connectivity index (χ1) is 16.7. The van der Waals surface area contributed by atoms with Crippen molar-refractivity contribution in [2.24, 2.45) is 5.92 Å². The second-order valence-corrected chi connectivity index (χ2v) is 10.2. The molecule has 3 N–H and O–H groups in total. The molecule has 35 heavy (non-hydrogen) atoms. The minimum atomic E-state index is -4.42. The first-order valence-corrected chi connectivity index (χ1v) is 12.2. The molecule has 7 nitrogen and oxygen atoms in total. The van der Waals surface area contributed by atoms with Gasteiger partial charge in [-0.1, -0.05) is 0 Å². The SMILES string of the molecule is N#CCC1(N2NC(Nc3ccc(C(F)(F)F)cc3)C3C(=O)NCCC32)CCC(N2CC(F)C2)CC1. The number of anilines is 1. The molecule has 1 aliphatic carbocycles. The first-order valence-electron chi connectivity index (χ1n) is 12.2. The van der Waals surface area contributed by atoms with Crippen molar-refractivity contribution >= 4 is 11.6 Å². The minimum absolute atomic E-state index is 0.115. The first kappa shape index (κ1) is 24.3. The topological polar surface area (TPSA) is 83.4 Å². The number of carbonyl (C=O) groups excluding carboxylic acids is 1. The summed E-state index contributed by atoms with van der Waals surface area (Å²) in [6, 6.07) is 7.28. The Kier molecular flexibility index (Phi) is 6.40. The highest BCUT2D eigenvalue weighted by atomic mass is 19.4. The maximum atomic E-state index is 13.4. The number of nitrogens with one attached hydrogen (secondary N) is 3. The largest absolute Gasteiger partial charge is 0.416 e. The van der Waals surface area contributed by atoms with Gasteiger partial charge in [0.1, 0.15) is 12.3 Å². The molecule has 1 aromatic carbocycles. The average Bonchev–Trinajstić information content (AvgIpc) is 3.18. The van der Waals surface area contributed by atoms with Crippen molar-refractivity contribution in [3.05, 3.63) is 29.8 Å². The number of hydrogen-bond donors (Lipinski definition) is 3. The molecule has 3 saturated heterocycles. The van der Waals surface area contributed by atoms with Crippen molar-refractivity contribution in [2.75, 3.05) is 25.0 Å². The Bertz CT molecular complexity index is 966. The zero-order chi connectivity index (χ0) is 24.8. The van der Waals surface area contributed by atoms with Crippen molar-refractivity contribution in [2.45, 2.75) is 74.7 Å². The normalized spacial score (nSPS) is 34.5. The van der Waals surface area contributed by atoms with E-state index in [-0.39, 0.29) is 11.9 Å². The summed E-state index contributed by atoms with van der Waals surface area (Å²) in [5, 5.41) is 17.9. The standard InChI is InChI=1S/C24H30F4N6O/c25-16-13-33(14-16)18-5-8-23(9-6-18,10-11-29)34-19-7-12-30-22(35)20(19)21(32-34)31-17-3-1-15(2-4-17)24(26,27)28/h1-4,16,18-21,31-32H,5-10,12-14H2,(H,30,35). The zero-order valence-corrected chi connectivity index (χ0v) is 19.3. The molecule has 190 valence electrons. The highest BCUT2D eigenvalue weighted by molar-refractivity contribution is 5.82. The molecule has 3 atom stereocenters. The van der Waals surface area contributed by atoms with Gasteiger partial charge >= 0.3 is 6.18 Å². The van der Waals surface area contributed by atoms with Crippen LogP contribution in [0.4, 0.5) is 23.2 Å². The fraction of sp³-hybridized carbons (Fsp3) is 0.667. The molecule has 4 aliphatic rings. The number of alkyl halides is 4. The number of likely N-dealkylation sites (tertiary alicyclic amines) is 1. The number of hydrazine groups is 1. The van der Waals surface area contributed by atoms with E-state index in [0.29, 0.717) is 44.2 Å². The van der Waals surface area contributed by atoms with Crippen LogP contribution in [-0.4, -0.2) is 65.4 Å². The van der Waals surface area contributed by atoms with Crippen LogP contribution in [0.1, 0.15) is 44.1 Å². The number of fused-ring (bicyclic) bond motifs is 1. The monoisotopic (exact) mass is 494 g/mol. The molecule has 0 spiro atoms. The molecule has 5 rings (SSSR count). The fourth-order valence-corrected chi connectivity index (χ4v) is 6.26. The van der Waals surface area contributed by atoms with E-state index in [0.717, 1.165) is 37.8 Å². The molecule has 4 fully saturated rings. The Hall–Kier alpha value is -2.42. The van der Waals surface area contributed by atoms with Gasteiger partial charge in [0.25, 0.3) is 0 Å². The second kappa shape index (κ2) is 9.22. The van der Waals surface area contributed by atoms with Gasteiger partial charge in [-0.3, -0.25) is 9.69 Å². The van der Waals surface area contributed by atoms with Crippen molar-refractivity contribution in [3.63, 3.8) is 0 Å². The summed E-state index contributed by atoms with van der Waals surface area (Å²) in [5.41, 5.74) is 2.73. The molecular weight excluding hydrogens is 464 g/mol. The number of hydrogen-bond acceptors (Lipinski definition) is 6. The smallest absolute Gasteiger partial charge is 0.368 e. The number of nitrogens with zero attached hydrogens (tertiary/aromatic N) is 3. The van der Waals surface area contributed by atoms with Crippen LogP contribution in [0.2, 0.25) is 0 Å². The lowest BCUT2D eigenvalue weighted by Gasteiger charge is -2.51. The van der Waals surface area contributed by atoms with Crippen molar-refractivity contribution < 1.29 is 22.4 Å². The summed E-state index contributed by atoms with van der Waals surface area (Å²) in [5.74, 6) is -0.571. The van der Waals surface area contributed by atoms with Gasteiger partial charge in [-0.05, 0) is 56.4 Å². The van der Waals surface area contributed by atoms with Crippen LogP contribution in [0.5, 0.6) is 0 Å². The molecule has 3 unspecified atom stereocenters. The van der Waals surface area contributed by atoms with Crippen molar-refractivity contribution in [1.29, 1.82) is 5.26 Å². The van der Waals surface area contributed by atoms with Gasteiger partial charge in [-0.25, -0.2) is 14.8 Å². The van der Waals surface area contributed by atoms with E-state index in [4.69, 9.17) is 0 Å². The van der Waals surface area contributed by atoms with Crippen LogP contribution in [0, 0.1) is 17.2 Å². The van der Waals surface area contributed by atoms with Gasteiger partial charge in [-0.2, -0.15) is 18.4 Å². The Morgan fingerprint density at radius 1 is 1.14 bits per heavy atom. The van der Waals surface area contributed by atoms with Gasteiger partial charge < -0.3 is 10.6 Å². The third-order valence-corrected chi connectivity index (χ3v) is 8.15. The Labute approximate surface area is 201 Å². The van der Waals surface area contributed by atoms with Crippen LogP contribution in [0.3, 0.4) is 0 Å². The van der Waals surface area contributed by atoms with Gasteiger partial charge in [0.15, 0.2) is 0 Å². The highest BCUT2D eigenvalue weighted by Crippen LogP contribution is 2.44. The molecule has 0 radical (unpaired) electrons. The number of nitriles is 1. The maximum absolute atomic E-state index is 13.4. The summed E-state index contributed by atoms with van der Waals surface area (Å²) in [4.78, 5) is 15.1. The number of amides is 1. The number of halogens is 4.